The van der Waals surface area contributed by atoms with Crippen molar-refractivity contribution in [1.29, 1.82) is 0 Å². The number of hydrogen-bond acceptors (Lipinski definition) is 4. The molecule has 4 aromatic rings. The first kappa shape index (κ1) is 19.0. The quantitative estimate of drug-likeness (QED) is 0.494. The van der Waals surface area contributed by atoms with Gasteiger partial charge in [-0.05, 0) is 48.9 Å². The van der Waals surface area contributed by atoms with Gasteiger partial charge in [0.05, 0.1) is 23.4 Å². The average Bonchev–Trinajstić information content (AvgIpc) is 3.08. The Morgan fingerprint density at radius 3 is 1.81 bits per heavy atom. The molecule has 2 fully saturated rings. The van der Waals surface area contributed by atoms with Gasteiger partial charge in [-0.15, -0.1) is 0 Å². The van der Waals surface area contributed by atoms with Gasteiger partial charge in [-0.25, -0.2) is 9.97 Å². The van der Waals surface area contributed by atoms with Crippen molar-refractivity contribution in [3.63, 3.8) is 0 Å². The molecule has 0 radical (unpaired) electrons. The van der Waals surface area contributed by atoms with Crippen LogP contribution in [-0.4, -0.2) is 43.7 Å². The van der Waals surface area contributed by atoms with Crippen molar-refractivity contribution < 1.29 is 9.59 Å². The molecule has 0 saturated heterocycles. The number of carbonyl (C=O) groups excluding carboxylic acids is 2. The van der Waals surface area contributed by atoms with Crippen LogP contribution in [0.3, 0.4) is 0 Å². The van der Waals surface area contributed by atoms with Crippen LogP contribution in [0.25, 0.3) is 11.0 Å². The van der Waals surface area contributed by atoms with E-state index >= 15 is 0 Å². The van der Waals surface area contributed by atoms with E-state index < -0.39 is 0 Å². The molecule has 8 nitrogen and oxygen atoms in total. The van der Waals surface area contributed by atoms with E-state index in [1.54, 1.807) is 21.2 Å². The highest BCUT2D eigenvalue weighted by atomic mass is 16.2. The summed E-state index contributed by atoms with van der Waals surface area (Å²) in [5, 5.41) is 6.19. The van der Waals surface area contributed by atoms with Gasteiger partial charge in [0.25, 0.3) is 11.8 Å². The van der Waals surface area contributed by atoms with Crippen LogP contribution in [0.2, 0.25) is 0 Å². The first-order valence-corrected chi connectivity index (χ1v) is 11.0. The smallest absolute Gasteiger partial charge is 0.287 e. The fraction of sp³-hybridized carbons (Fsp3) is 0.333. The predicted octanol–water partition coefficient (Wildman–Crippen LogP) is 2.70. The van der Waals surface area contributed by atoms with Gasteiger partial charge in [0.1, 0.15) is 0 Å². The Labute approximate surface area is 184 Å². The highest BCUT2D eigenvalue weighted by Gasteiger charge is 2.69. The van der Waals surface area contributed by atoms with Gasteiger partial charge >= 0.3 is 0 Å². The Morgan fingerprint density at radius 2 is 1.38 bits per heavy atom. The van der Waals surface area contributed by atoms with Crippen molar-refractivity contribution in [2.75, 3.05) is 13.1 Å². The van der Waals surface area contributed by atoms with Crippen LogP contribution < -0.4 is 10.6 Å². The molecule has 0 aliphatic heterocycles. The number of rotatable bonds is 6. The number of fused-ring (bicyclic) bond motifs is 2. The molecule has 6 rings (SSSR count). The molecule has 0 unspecified atom stereocenters. The summed E-state index contributed by atoms with van der Waals surface area (Å²) in [5.41, 5.74) is 1.88. The average molecular weight is 428 g/mol. The molecular formula is C24H24N6O2. The SMILES string of the molecule is O=C(NCC1(CNC(=O)c2ncc3ccccn23)CC12CCC2)c1ncc2ccccn12. The number of imidazole rings is 2. The molecular weight excluding hydrogens is 404 g/mol. The highest BCUT2D eigenvalue weighted by Crippen LogP contribution is 2.73. The van der Waals surface area contributed by atoms with Crippen LogP contribution in [0.15, 0.2) is 61.2 Å². The van der Waals surface area contributed by atoms with Crippen molar-refractivity contribution in [3.05, 3.63) is 72.8 Å². The number of pyridine rings is 2. The van der Waals surface area contributed by atoms with Gasteiger partial charge in [0, 0.05) is 30.9 Å². The minimum Gasteiger partial charge on any atom is -0.349 e. The maximum atomic E-state index is 12.9. The van der Waals surface area contributed by atoms with Crippen molar-refractivity contribution in [2.45, 2.75) is 25.7 Å². The van der Waals surface area contributed by atoms with Crippen LogP contribution in [0.1, 0.15) is 46.9 Å². The van der Waals surface area contributed by atoms with Crippen LogP contribution >= 0.6 is 0 Å². The van der Waals surface area contributed by atoms with E-state index in [9.17, 15) is 9.59 Å². The lowest BCUT2D eigenvalue weighted by atomic mass is 9.75. The molecule has 8 heteroatoms. The number of aromatic nitrogens is 4. The molecule has 162 valence electrons. The van der Waals surface area contributed by atoms with E-state index in [-0.39, 0.29) is 22.6 Å². The summed E-state index contributed by atoms with van der Waals surface area (Å²) in [6.45, 7) is 1.05. The van der Waals surface area contributed by atoms with Crippen LogP contribution in [0.4, 0.5) is 0 Å². The molecule has 4 aromatic heterocycles. The molecule has 2 amide bonds. The summed E-state index contributed by atoms with van der Waals surface area (Å²) < 4.78 is 3.58. The van der Waals surface area contributed by atoms with Crippen LogP contribution in [0.5, 0.6) is 0 Å². The molecule has 1 spiro atoms. The third-order valence-electron chi connectivity index (χ3n) is 7.45. The lowest BCUT2D eigenvalue weighted by molar-refractivity contribution is 0.0899. The van der Waals surface area contributed by atoms with Gasteiger partial charge in [-0.2, -0.15) is 0 Å². The third-order valence-corrected chi connectivity index (χ3v) is 7.45. The number of nitrogens with zero attached hydrogens (tertiary/aromatic N) is 4. The molecule has 0 bridgehead atoms. The molecule has 2 N–H and O–H groups in total. The van der Waals surface area contributed by atoms with E-state index in [2.05, 4.69) is 20.6 Å². The number of carbonyl (C=O) groups is 2. The summed E-state index contributed by atoms with van der Waals surface area (Å²) in [7, 11) is 0. The Morgan fingerprint density at radius 1 is 0.844 bits per heavy atom. The summed E-state index contributed by atoms with van der Waals surface area (Å²) in [5.74, 6) is 0.379. The second-order valence-electron chi connectivity index (χ2n) is 9.11. The Kier molecular flexibility index (Phi) is 4.11. The van der Waals surface area contributed by atoms with Gasteiger partial charge in [-0.1, -0.05) is 18.6 Å². The van der Waals surface area contributed by atoms with Gasteiger partial charge in [0.15, 0.2) is 0 Å². The van der Waals surface area contributed by atoms with Gasteiger partial charge in [-0.3, -0.25) is 18.4 Å². The summed E-state index contributed by atoms with van der Waals surface area (Å²) in [6.07, 6.45) is 11.6. The van der Waals surface area contributed by atoms with E-state index in [1.165, 1.54) is 6.42 Å². The molecule has 0 atom stereocenters. The van der Waals surface area contributed by atoms with E-state index in [0.717, 1.165) is 30.3 Å². The topological polar surface area (TPSA) is 92.8 Å². The second-order valence-corrected chi connectivity index (χ2v) is 9.11. The van der Waals surface area contributed by atoms with E-state index in [1.807, 2.05) is 48.8 Å². The van der Waals surface area contributed by atoms with Crippen molar-refractivity contribution in [2.24, 2.45) is 10.8 Å². The van der Waals surface area contributed by atoms with E-state index in [4.69, 9.17) is 0 Å². The van der Waals surface area contributed by atoms with Crippen LogP contribution in [0, 0.1) is 10.8 Å². The summed E-state index contributed by atoms with van der Waals surface area (Å²) in [4.78, 5) is 34.4. The zero-order valence-electron chi connectivity index (χ0n) is 17.6. The maximum Gasteiger partial charge on any atom is 0.287 e. The first-order valence-electron chi connectivity index (χ1n) is 11.0. The molecule has 32 heavy (non-hydrogen) atoms. The Bertz CT molecular complexity index is 1260. The fourth-order valence-corrected chi connectivity index (χ4v) is 5.36. The molecule has 2 aliphatic rings. The van der Waals surface area contributed by atoms with Gasteiger partial charge in [0.2, 0.25) is 11.6 Å². The van der Waals surface area contributed by atoms with Crippen molar-refractivity contribution in [3.8, 4) is 0 Å². The van der Waals surface area contributed by atoms with Crippen molar-refractivity contribution in [1.82, 2.24) is 29.4 Å². The first-order chi connectivity index (χ1) is 15.6. The zero-order chi connectivity index (χ0) is 21.8. The lowest BCUT2D eigenvalue weighted by Crippen LogP contribution is -2.43. The molecule has 0 aromatic carbocycles. The normalized spacial score (nSPS) is 17.9. The summed E-state index contributed by atoms with van der Waals surface area (Å²) in [6, 6.07) is 11.4. The van der Waals surface area contributed by atoms with Crippen LogP contribution in [-0.2, 0) is 0 Å². The largest absolute Gasteiger partial charge is 0.349 e. The van der Waals surface area contributed by atoms with E-state index in [0.29, 0.717) is 24.7 Å². The Balaban J connectivity index is 1.16. The van der Waals surface area contributed by atoms with Gasteiger partial charge < -0.3 is 10.6 Å². The molecule has 4 heterocycles. The summed E-state index contributed by atoms with van der Waals surface area (Å²) >= 11 is 0. The predicted molar refractivity (Wildman–Crippen MR) is 118 cm³/mol. The lowest BCUT2D eigenvalue weighted by Gasteiger charge is -2.33. The number of nitrogens with one attached hydrogen (secondary N) is 2. The number of hydrogen-bond donors (Lipinski definition) is 2. The minimum atomic E-state index is -0.192. The monoisotopic (exact) mass is 428 g/mol. The second kappa shape index (κ2) is 6.91. The van der Waals surface area contributed by atoms with Crippen molar-refractivity contribution >= 4 is 22.8 Å². The molecule has 2 aliphatic carbocycles. The number of amides is 2. The standard InChI is InChI=1S/C24H24N6O2/c31-21(19-25-12-17-6-1-3-10-29(17)19)27-15-24(14-23(24)8-5-9-23)16-28-22(32)20-26-13-18-7-2-4-11-30(18)20/h1-4,6-7,10-13H,5,8-9,14-16H2,(H,27,31)(H,28,32). The minimum absolute atomic E-state index is 0.114. The highest BCUT2D eigenvalue weighted by molar-refractivity contribution is 5.92. The maximum absolute atomic E-state index is 12.9. The zero-order valence-corrected chi connectivity index (χ0v) is 17.6. The fourth-order valence-electron chi connectivity index (χ4n) is 5.36. The third kappa shape index (κ3) is 2.82. The molecule has 2 saturated carbocycles. The Hall–Kier alpha value is -3.68.